The number of fused-ring (bicyclic) bond motifs is 7. The first-order valence-electron chi connectivity index (χ1n) is 17.2. The first kappa shape index (κ1) is 28.4. The number of rotatable bonds is 4. The highest BCUT2D eigenvalue weighted by Crippen LogP contribution is 2.49. The molecule has 0 aliphatic heterocycles. The van der Waals surface area contributed by atoms with Crippen LogP contribution in [0, 0.1) is 0 Å². The smallest absolute Gasteiger partial charge is 0.135 e. The second-order valence-corrected chi connectivity index (χ2v) is 14.2. The van der Waals surface area contributed by atoms with Gasteiger partial charge in [0.15, 0.2) is 0 Å². The van der Waals surface area contributed by atoms with Gasteiger partial charge < -0.3 is 8.83 Å². The van der Waals surface area contributed by atoms with Gasteiger partial charge in [-0.3, -0.25) is 0 Å². The summed E-state index contributed by atoms with van der Waals surface area (Å²) in [6.45, 7) is 0. The maximum absolute atomic E-state index is 6.02. The van der Waals surface area contributed by atoms with Gasteiger partial charge in [0.05, 0.1) is 12.5 Å². The Morgan fingerprint density at radius 1 is 0.333 bits per heavy atom. The van der Waals surface area contributed by atoms with E-state index in [9.17, 15) is 0 Å². The Hall–Kier alpha value is -6.42. The monoisotopic (exact) mass is 668 g/mol. The SMILES string of the molecule is c1coc(-c2c3ccccc3c(-c3ccc4sc5c(-c6c7ccccc7c(-c7ccco7)c7ccccc67)cccc5c4c3)c3ccccc23)c1. The van der Waals surface area contributed by atoms with Crippen molar-refractivity contribution in [3.05, 3.63) is 170 Å². The van der Waals surface area contributed by atoms with Gasteiger partial charge >= 0.3 is 0 Å². The average molecular weight is 669 g/mol. The third kappa shape index (κ3) is 4.16. The van der Waals surface area contributed by atoms with Crippen LogP contribution in [0.4, 0.5) is 0 Å². The van der Waals surface area contributed by atoms with E-state index < -0.39 is 0 Å². The van der Waals surface area contributed by atoms with Gasteiger partial charge in [-0.1, -0.05) is 121 Å². The Balaban J connectivity index is 1.19. The Morgan fingerprint density at radius 2 is 0.784 bits per heavy atom. The Morgan fingerprint density at radius 3 is 1.25 bits per heavy atom. The summed E-state index contributed by atoms with van der Waals surface area (Å²) >= 11 is 1.88. The lowest BCUT2D eigenvalue weighted by Gasteiger charge is -2.17. The van der Waals surface area contributed by atoms with E-state index >= 15 is 0 Å². The highest BCUT2D eigenvalue weighted by Gasteiger charge is 2.22. The number of hydrogen-bond donors (Lipinski definition) is 0. The molecule has 0 amide bonds. The number of furan rings is 2. The molecule has 3 heterocycles. The molecule has 0 bridgehead atoms. The summed E-state index contributed by atoms with van der Waals surface area (Å²) in [6, 6.07) is 56.9. The number of hydrogen-bond acceptors (Lipinski definition) is 3. The zero-order chi connectivity index (χ0) is 33.5. The normalized spacial score (nSPS) is 11.9. The fourth-order valence-corrected chi connectivity index (χ4v) is 9.58. The third-order valence-electron chi connectivity index (χ3n) is 10.5. The van der Waals surface area contributed by atoms with Crippen LogP contribution in [0.25, 0.3) is 108 Å². The third-order valence-corrected chi connectivity index (χ3v) is 11.7. The first-order chi connectivity index (χ1) is 25.3. The molecule has 2 nitrogen and oxygen atoms in total. The van der Waals surface area contributed by atoms with E-state index in [0.29, 0.717) is 0 Å². The summed E-state index contributed by atoms with van der Waals surface area (Å²) in [7, 11) is 0. The molecule has 11 aromatic rings. The second kappa shape index (κ2) is 11.0. The van der Waals surface area contributed by atoms with Gasteiger partial charge in [0.1, 0.15) is 11.5 Å². The van der Waals surface area contributed by atoms with Gasteiger partial charge in [-0.15, -0.1) is 11.3 Å². The van der Waals surface area contributed by atoms with Crippen molar-refractivity contribution in [2.45, 2.75) is 0 Å². The van der Waals surface area contributed by atoms with E-state index in [1.807, 2.05) is 23.5 Å². The average Bonchev–Trinajstić information content (AvgIpc) is 3.98. The van der Waals surface area contributed by atoms with Crippen LogP contribution in [0.3, 0.4) is 0 Å². The minimum absolute atomic E-state index is 0.887. The van der Waals surface area contributed by atoms with Crippen molar-refractivity contribution >= 4 is 74.6 Å². The molecule has 238 valence electrons. The molecule has 51 heavy (non-hydrogen) atoms. The second-order valence-electron chi connectivity index (χ2n) is 13.1. The molecule has 0 radical (unpaired) electrons. The summed E-state index contributed by atoms with van der Waals surface area (Å²) in [4.78, 5) is 0. The molecule has 11 rings (SSSR count). The molecular formula is C48H28O2S. The highest BCUT2D eigenvalue weighted by atomic mass is 32.1. The van der Waals surface area contributed by atoms with Crippen LogP contribution in [0.15, 0.2) is 179 Å². The van der Waals surface area contributed by atoms with E-state index in [0.717, 1.165) is 22.6 Å². The minimum atomic E-state index is 0.887. The molecule has 0 spiro atoms. The van der Waals surface area contributed by atoms with E-state index in [-0.39, 0.29) is 0 Å². The van der Waals surface area contributed by atoms with E-state index in [1.54, 1.807) is 12.5 Å². The zero-order valence-corrected chi connectivity index (χ0v) is 28.2. The molecule has 0 unspecified atom stereocenters. The van der Waals surface area contributed by atoms with Gasteiger partial charge in [0.2, 0.25) is 0 Å². The number of benzene rings is 8. The lowest BCUT2D eigenvalue weighted by atomic mass is 9.86. The molecule has 0 saturated carbocycles. The van der Waals surface area contributed by atoms with Crippen LogP contribution in [0.5, 0.6) is 0 Å². The highest BCUT2D eigenvalue weighted by molar-refractivity contribution is 7.26. The lowest BCUT2D eigenvalue weighted by Crippen LogP contribution is -1.90. The van der Waals surface area contributed by atoms with Crippen LogP contribution in [-0.2, 0) is 0 Å². The Labute approximate surface area is 297 Å². The molecule has 0 saturated heterocycles. The fraction of sp³-hybridized carbons (Fsp3) is 0. The molecule has 0 aliphatic carbocycles. The van der Waals surface area contributed by atoms with Crippen LogP contribution in [-0.4, -0.2) is 0 Å². The molecule has 3 aromatic heterocycles. The van der Waals surface area contributed by atoms with E-state index in [2.05, 4.69) is 146 Å². The minimum Gasteiger partial charge on any atom is -0.464 e. The summed E-state index contributed by atoms with van der Waals surface area (Å²) in [5.74, 6) is 1.77. The van der Waals surface area contributed by atoms with Crippen molar-refractivity contribution in [1.82, 2.24) is 0 Å². The molecule has 8 aromatic carbocycles. The molecule has 0 atom stereocenters. The molecule has 0 N–H and O–H groups in total. The van der Waals surface area contributed by atoms with Crippen molar-refractivity contribution in [3.8, 4) is 44.9 Å². The maximum atomic E-state index is 6.02. The quantitative estimate of drug-likeness (QED) is 0.175. The van der Waals surface area contributed by atoms with Gasteiger partial charge in [-0.25, -0.2) is 0 Å². The Bertz CT molecular complexity index is 3010. The van der Waals surface area contributed by atoms with Gasteiger partial charge in [0, 0.05) is 36.9 Å². The topological polar surface area (TPSA) is 26.3 Å². The van der Waals surface area contributed by atoms with Gasteiger partial charge in [-0.05, 0) is 96.2 Å². The summed E-state index contributed by atoms with van der Waals surface area (Å²) in [5, 5.41) is 12.2. The lowest BCUT2D eigenvalue weighted by molar-refractivity contribution is 0.583. The maximum Gasteiger partial charge on any atom is 0.135 e. The molecular weight excluding hydrogens is 641 g/mol. The predicted octanol–water partition coefficient (Wildman–Crippen LogP) is 14.5. The largest absolute Gasteiger partial charge is 0.464 e. The van der Waals surface area contributed by atoms with Crippen molar-refractivity contribution in [3.63, 3.8) is 0 Å². The summed E-state index contributed by atoms with van der Waals surface area (Å²) < 4.78 is 14.6. The predicted molar refractivity (Wildman–Crippen MR) is 216 cm³/mol. The van der Waals surface area contributed by atoms with E-state index in [4.69, 9.17) is 8.83 Å². The van der Waals surface area contributed by atoms with Crippen LogP contribution < -0.4 is 0 Å². The van der Waals surface area contributed by atoms with Gasteiger partial charge in [0.25, 0.3) is 0 Å². The van der Waals surface area contributed by atoms with Crippen LogP contribution in [0.2, 0.25) is 0 Å². The standard InChI is InChI=1S/C48H28O2S/c1-5-16-34-30(12-1)44(31-13-2-6-17-35(31)46(34)41-22-10-26-49-41)29-24-25-43-40(28-29)38-20-9-21-39(48(38)51-43)45-32-14-3-7-18-36(32)47(42-23-11-27-50-42)37-19-8-4-15-33(37)45/h1-28H. The number of thiophene rings is 1. The van der Waals surface area contributed by atoms with Crippen molar-refractivity contribution in [2.75, 3.05) is 0 Å². The van der Waals surface area contributed by atoms with Crippen LogP contribution in [0.1, 0.15) is 0 Å². The fourth-order valence-electron chi connectivity index (χ4n) is 8.38. The van der Waals surface area contributed by atoms with Crippen molar-refractivity contribution in [2.24, 2.45) is 0 Å². The Kier molecular flexibility index (Phi) is 6.16. The first-order valence-corrected chi connectivity index (χ1v) is 18.1. The summed E-state index contributed by atoms with van der Waals surface area (Å²) in [5.41, 5.74) is 7.26. The van der Waals surface area contributed by atoms with Crippen molar-refractivity contribution < 1.29 is 8.83 Å². The van der Waals surface area contributed by atoms with Gasteiger partial charge in [-0.2, -0.15) is 0 Å². The molecule has 0 fully saturated rings. The summed E-state index contributed by atoms with van der Waals surface area (Å²) in [6.07, 6.45) is 3.52. The van der Waals surface area contributed by atoms with E-state index in [1.165, 1.54) is 85.5 Å². The molecule has 0 aliphatic rings. The zero-order valence-electron chi connectivity index (χ0n) is 27.4. The van der Waals surface area contributed by atoms with Crippen molar-refractivity contribution in [1.29, 1.82) is 0 Å². The van der Waals surface area contributed by atoms with Crippen LogP contribution >= 0.6 is 11.3 Å². The molecule has 3 heteroatoms.